The van der Waals surface area contributed by atoms with E-state index < -0.39 is 12.0 Å². The summed E-state index contributed by atoms with van der Waals surface area (Å²) in [5.41, 5.74) is 6.44. The summed E-state index contributed by atoms with van der Waals surface area (Å²) in [6.45, 7) is 0. The monoisotopic (exact) mass is 281 g/mol. The summed E-state index contributed by atoms with van der Waals surface area (Å²) in [5.74, 6) is 2.07. The lowest BCUT2D eigenvalue weighted by atomic mass is 10.1. The first kappa shape index (κ1) is 14.2. The van der Waals surface area contributed by atoms with Gasteiger partial charge in [-0.05, 0) is 42.7 Å². The zero-order valence-corrected chi connectivity index (χ0v) is 11.6. The van der Waals surface area contributed by atoms with Crippen molar-refractivity contribution < 1.29 is 14.6 Å². The summed E-state index contributed by atoms with van der Waals surface area (Å²) >= 11 is 1.92. The Labute approximate surface area is 117 Å². The maximum absolute atomic E-state index is 10.7. The van der Waals surface area contributed by atoms with E-state index in [2.05, 4.69) is 0 Å². The van der Waals surface area contributed by atoms with Gasteiger partial charge in [0.25, 0.3) is 0 Å². The van der Waals surface area contributed by atoms with Crippen LogP contribution in [0, 0.1) is 0 Å². The molecule has 1 aliphatic heterocycles. The molecule has 0 amide bonds. The minimum atomic E-state index is -0.977. The normalized spacial score (nSPS) is 20.8. The molecular weight excluding hydrogens is 262 g/mol. The van der Waals surface area contributed by atoms with Gasteiger partial charge >= 0.3 is 5.97 Å². The second-order valence-corrected chi connectivity index (χ2v) is 5.90. The number of rotatable bonds is 5. The lowest BCUT2D eigenvalue weighted by molar-refractivity contribution is -0.138. The highest BCUT2D eigenvalue weighted by atomic mass is 32.2. The van der Waals surface area contributed by atoms with Gasteiger partial charge in [-0.3, -0.25) is 4.79 Å². The maximum Gasteiger partial charge on any atom is 0.320 e. The fourth-order valence-corrected chi connectivity index (χ4v) is 3.12. The molecule has 0 spiro atoms. The third-order valence-corrected chi connectivity index (χ3v) is 4.28. The van der Waals surface area contributed by atoms with Crippen molar-refractivity contribution in [3.63, 3.8) is 0 Å². The molecule has 1 saturated heterocycles. The van der Waals surface area contributed by atoms with Crippen molar-refractivity contribution in [2.24, 2.45) is 5.73 Å². The van der Waals surface area contributed by atoms with Crippen LogP contribution in [0.4, 0.5) is 0 Å². The Hall–Kier alpha value is -1.20. The van der Waals surface area contributed by atoms with Crippen molar-refractivity contribution in [2.75, 3.05) is 11.5 Å². The van der Waals surface area contributed by atoms with Crippen LogP contribution in [-0.2, 0) is 11.2 Å². The molecule has 5 heteroatoms. The molecule has 0 saturated carbocycles. The van der Waals surface area contributed by atoms with E-state index in [1.54, 1.807) is 0 Å². The van der Waals surface area contributed by atoms with Crippen LogP contribution < -0.4 is 10.5 Å². The zero-order valence-electron chi connectivity index (χ0n) is 10.7. The molecule has 1 aliphatic rings. The van der Waals surface area contributed by atoms with Crippen molar-refractivity contribution in [1.82, 2.24) is 0 Å². The van der Waals surface area contributed by atoms with Crippen LogP contribution in [0.15, 0.2) is 24.3 Å². The summed E-state index contributed by atoms with van der Waals surface area (Å²) in [7, 11) is 0. The Balaban J connectivity index is 1.96. The summed E-state index contributed by atoms with van der Waals surface area (Å²) in [4.78, 5) is 10.7. The highest BCUT2D eigenvalue weighted by Gasteiger charge is 2.16. The Morgan fingerprint density at radius 2 is 2.42 bits per heavy atom. The van der Waals surface area contributed by atoms with Crippen molar-refractivity contribution in [2.45, 2.75) is 31.4 Å². The third kappa shape index (κ3) is 4.44. The standard InChI is InChI=1S/C14H19NO3S/c15-13(14(16)17)8-10-3-1-4-11(7-10)18-12-5-2-6-19-9-12/h1,3-4,7,12-13H,2,5-6,8-9,15H2,(H,16,17). The van der Waals surface area contributed by atoms with Crippen LogP contribution in [0.1, 0.15) is 18.4 Å². The first-order chi connectivity index (χ1) is 9.15. The number of thioether (sulfide) groups is 1. The Kier molecular flexibility index (Phi) is 5.10. The number of ether oxygens (including phenoxy) is 1. The number of carboxylic acid groups (broad SMARTS) is 1. The van der Waals surface area contributed by atoms with Gasteiger partial charge in [0.15, 0.2) is 0 Å². The van der Waals surface area contributed by atoms with E-state index in [9.17, 15) is 4.79 Å². The van der Waals surface area contributed by atoms with E-state index in [4.69, 9.17) is 15.6 Å². The minimum Gasteiger partial charge on any atom is -0.490 e. The lowest BCUT2D eigenvalue weighted by Gasteiger charge is -2.23. The molecule has 2 atom stereocenters. The number of nitrogens with two attached hydrogens (primary N) is 1. The van der Waals surface area contributed by atoms with Crippen LogP contribution in [0.5, 0.6) is 5.75 Å². The molecular formula is C14H19NO3S. The van der Waals surface area contributed by atoms with Gasteiger partial charge < -0.3 is 15.6 Å². The van der Waals surface area contributed by atoms with E-state index >= 15 is 0 Å². The number of carboxylic acids is 1. The maximum atomic E-state index is 10.7. The van der Waals surface area contributed by atoms with Gasteiger partial charge in [0.05, 0.1) is 0 Å². The molecule has 0 aliphatic carbocycles. The highest BCUT2D eigenvalue weighted by Crippen LogP contribution is 2.23. The number of aliphatic carboxylic acids is 1. The lowest BCUT2D eigenvalue weighted by Crippen LogP contribution is -2.32. The van der Waals surface area contributed by atoms with Gasteiger partial charge in [0.1, 0.15) is 17.9 Å². The third-order valence-electron chi connectivity index (χ3n) is 3.09. The quantitative estimate of drug-likeness (QED) is 0.862. The molecule has 0 bridgehead atoms. The van der Waals surface area contributed by atoms with E-state index in [0.29, 0.717) is 6.42 Å². The number of hydrogen-bond acceptors (Lipinski definition) is 4. The fourth-order valence-electron chi connectivity index (χ4n) is 2.08. The molecule has 19 heavy (non-hydrogen) atoms. The molecule has 1 fully saturated rings. The molecule has 1 heterocycles. The van der Waals surface area contributed by atoms with Crippen molar-refractivity contribution in [3.8, 4) is 5.75 Å². The Morgan fingerprint density at radius 3 is 3.11 bits per heavy atom. The molecule has 2 rings (SSSR count). The van der Waals surface area contributed by atoms with Gasteiger partial charge in [0.2, 0.25) is 0 Å². The first-order valence-corrected chi connectivity index (χ1v) is 7.62. The van der Waals surface area contributed by atoms with E-state index in [1.807, 2.05) is 36.0 Å². The van der Waals surface area contributed by atoms with E-state index in [0.717, 1.165) is 23.5 Å². The molecule has 2 unspecified atom stereocenters. The number of benzene rings is 1. The molecule has 3 N–H and O–H groups in total. The van der Waals surface area contributed by atoms with Crippen LogP contribution >= 0.6 is 11.8 Å². The molecule has 1 aromatic carbocycles. The smallest absolute Gasteiger partial charge is 0.320 e. The highest BCUT2D eigenvalue weighted by molar-refractivity contribution is 7.99. The van der Waals surface area contributed by atoms with Gasteiger partial charge in [-0.25, -0.2) is 0 Å². The molecule has 104 valence electrons. The zero-order chi connectivity index (χ0) is 13.7. The van der Waals surface area contributed by atoms with Gasteiger partial charge in [-0.1, -0.05) is 12.1 Å². The van der Waals surface area contributed by atoms with Crippen molar-refractivity contribution in [1.29, 1.82) is 0 Å². The van der Waals surface area contributed by atoms with Crippen LogP contribution in [0.25, 0.3) is 0 Å². The average molecular weight is 281 g/mol. The van der Waals surface area contributed by atoms with Gasteiger partial charge in [-0.2, -0.15) is 11.8 Å². The van der Waals surface area contributed by atoms with Crippen LogP contribution in [0.3, 0.4) is 0 Å². The molecule has 0 aromatic heterocycles. The SMILES string of the molecule is NC(Cc1cccc(OC2CCCSC2)c1)C(=O)O. The topological polar surface area (TPSA) is 72.5 Å². The predicted octanol–water partition coefficient (Wildman–Crippen LogP) is 1.92. The predicted molar refractivity (Wildman–Crippen MR) is 76.7 cm³/mol. The van der Waals surface area contributed by atoms with Crippen molar-refractivity contribution in [3.05, 3.63) is 29.8 Å². The van der Waals surface area contributed by atoms with Crippen LogP contribution in [0.2, 0.25) is 0 Å². The van der Waals surface area contributed by atoms with E-state index in [1.165, 1.54) is 12.2 Å². The summed E-state index contributed by atoms with van der Waals surface area (Å²) in [5, 5.41) is 8.81. The molecule has 1 aromatic rings. The first-order valence-electron chi connectivity index (χ1n) is 6.47. The molecule has 0 radical (unpaired) electrons. The summed E-state index contributed by atoms with van der Waals surface area (Å²) < 4.78 is 5.93. The largest absolute Gasteiger partial charge is 0.490 e. The van der Waals surface area contributed by atoms with E-state index in [-0.39, 0.29) is 6.10 Å². The number of hydrogen-bond donors (Lipinski definition) is 2. The second kappa shape index (κ2) is 6.82. The molecule has 4 nitrogen and oxygen atoms in total. The fraction of sp³-hybridized carbons (Fsp3) is 0.500. The number of carbonyl (C=O) groups is 1. The Bertz CT molecular complexity index is 432. The van der Waals surface area contributed by atoms with Gasteiger partial charge in [-0.15, -0.1) is 0 Å². The summed E-state index contributed by atoms with van der Waals surface area (Å²) in [6.07, 6.45) is 2.87. The summed E-state index contributed by atoms with van der Waals surface area (Å²) in [6, 6.07) is 6.71. The minimum absolute atomic E-state index is 0.266. The second-order valence-electron chi connectivity index (χ2n) is 4.75. The average Bonchev–Trinajstić information content (AvgIpc) is 2.40. The van der Waals surface area contributed by atoms with Gasteiger partial charge in [0, 0.05) is 5.75 Å². The Morgan fingerprint density at radius 1 is 1.58 bits per heavy atom. The van der Waals surface area contributed by atoms with Crippen molar-refractivity contribution >= 4 is 17.7 Å². The van der Waals surface area contributed by atoms with Crippen LogP contribution in [-0.4, -0.2) is 34.7 Å².